The van der Waals surface area contributed by atoms with Gasteiger partial charge in [-0.05, 0) is 57.8 Å². The van der Waals surface area contributed by atoms with Gasteiger partial charge in [0.2, 0.25) is 0 Å². The molecule has 0 saturated heterocycles. The van der Waals surface area contributed by atoms with E-state index >= 15 is 0 Å². The summed E-state index contributed by atoms with van der Waals surface area (Å²) < 4.78 is 5.63. The van der Waals surface area contributed by atoms with Crippen molar-refractivity contribution in [1.82, 2.24) is 5.32 Å². The zero-order chi connectivity index (χ0) is 13.4. The van der Waals surface area contributed by atoms with Gasteiger partial charge in [0.1, 0.15) is 0 Å². The van der Waals surface area contributed by atoms with Gasteiger partial charge < -0.3 is 10.1 Å². The first-order chi connectivity index (χ1) is 8.63. The fraction of sp³-hybridized carbons (Fsp3) is 0.600. The first kappa shape index (κ1) is 15.5. The molecular formula is C15H24ClNO. The Kier molecular flexibility index (Phi) is 7.33. The highest BCUT2D eigenvalue weighted by Crippen LogP contribution is 2.20. The maximum absolute atomic E-state index is 6.20. The average Bonchev–Trinajstić information content (AvgIpc) is 2.32. The van der Waals surface area contributed by atoms with Crippen molar-refractivity contribution in [1.29, 1.82) is 0 Å². The third kappa shape index (κ3) is 5.85. The molecule has 0 aromatic heterocycles. The average molecular weight is 270 g/mol. The van der Waals surface area contributed by atoms with Crippen molar-refractivity contribution in [3.05, 3.63) is 34.9 Å². The van der Waals surface area contributed by atoms with Crippen LogP contribution in [0.2, 0.25) is 5.02 Å². The van der Waals surface area contributed by atoms with Crippen LogP contribution >= 0.6 is 11.6 Å². The third-order valence-corrected chi connectivity index (χ3v) is 3.31. The van der Waals surface area contributed by atoms with Crippen LogP contribution in [-0.4, -0.2) is 26.3 Å². The summed E-state index contributed by atoms with van der Waals surface area (Å²) in [5, 5.41) is 4.11. The quantitative estimate of drug-likeness (QED) is 0.780. The van der Waals surface area contributed by atoms with Crippen LogP contribution in [0.1, 0.15) is 25.8 Å². The van der Waals surface area contributed by atoms with E-state index in [4.69, 9.17) is 16.3 Å². The number of ether oxygens (including phenoxy) is 1. The molecule has 0 amide bonds. The van der Waals surface area contributed by atoms with E-state index in [9.17, 15) is 0 Å². The van der Waals surface area contributed by atoms with Gasteiger partial charge in [0.15, 0.2) is 0 Å². The molecular weight excluding hydrogens is 246 g/mol. The maximum Gasteiger partial charge on any atom is 0.0518 e. The summed E-state index contributed by atoms with van der Waals surface area (Å²) in [5.41, 5.74) is 1.23. The largest absolute Gasteiger partial charge is 0.379 e. The Morgan fingerprint density at radius 1 is 1.28 bits per heavy atom. The molecule has 1 aromatic carbocycles. The van der Waals surface area contributed by atoms with Crippen LogP contribution in [0.5, 0.6) is 0 Å². The predicted molar refractivity (Wildman–Crippen MR) is 78.3 cm³/mol. The molecule has 3 heteroatoms. The van der Waals surface area contributed by atoms with Crippen LogP contribution in [-0.2, 0) is 11.2 Å². The summed E-state index contributed by atoms with van der Waals surface area (Å²) in [6, 6.07) is 8.08. The summed E-state index contributed by atoms with van der Waals surface area (Å²) in [5.74, 6) is 0.564. The van der Waals surface area contributed by atoms with Gasteiger partial charge in [-0.25, -0.2) is 0 Å². The Balaban J connectivity index is 2.49. The first-order valence-corrected chi connectivity index (χ1v) is 7.01. The lowest BCUT2D eigenvalue weighted by molar-refractivity contribution is 0.0684. The van der Waals surface area contributed by atoms with E-state index in [-0.39, 0.29) is 0 Å². The molecule has 0 aliphatic heterocycles. The summed E-state index contributed by atoms with van der Waals surface area (Å²) in [4.78, 5) is 0. The van der Waals surface area contributed by atoms with E-state index < -0.39 is 0 Å². The number of halogens is 1. The van der Waals surface area contributed by atoms with Gasteiger partial charge >= 0.3 is 0 Å². The van der Waals surface area contributed by atoms with Gasteiger partial charge in [0, 0.05) is 11.6 Å². The number of benzene rings is 1. The van der Waals surface area contributed by atoms with Crippen molar-refractivity contribution in [2.24, 2.45) is 5.92 Å². The Labute approximate surface area is 116 Å². The molecule has 0 aliphatic rings. The Morgan fingerprint density at radius 3 is 2.61 bits per heavy atom. The Hall–Kier alpha value is -0.570. The fourth-order valence-corrected chi connectivity index (χ4v) is 2.22. The van der Waals surface area contributed by atoms with E-state index in [0.29, 0.717) is 12.0 Å². The molecule has 1 atom stereocenters. The molecule has 1 unspecified atom stereocenters. The molecule has 0 fully saturated rings. The topological polar surface area (TPSA) is 21.3 Å². The zero-order valence-corrected chi connectivity index (χ0v) is 12.3. The third-order valence-electron chi connectivity index (χ3n) is 2.94. The normalized spacial score (nSPS) is 12.9. The summed E-state index contributed by atoms with van der Waals surface area (Å²) in [7, 11) is 1.99. The van der Waals surface area contributed by atoms with Crippen molar-refractivity contribution in [2.45, 2.75) is 32.8 Å². The number of nitrogens with one attached hydrogen (secondary N) is 1. The lowest BCUT2D eigenvalue weighted by atomic mass is 9.96. The molecule has 0 saturated carbocycles. The van der Waals surface area contributed by atoms with Gasteiger partial charge in [-0.3, -0.25) is 0 Å². The van der Waals surface area contributed by atoms with Crippen LogP contribution in [0.25, 0.3) is 0 Å². The molecule has 18 heavy (non-hydrogen) atoms. The van der Waals surface area contributed by atoms with Crippen molar-refractivity contribution in [3.63, 3.8) is 0 Å². The van der Waals surface area contributed by atoms with Gasteiger partial charge in [-0.15, -0.1) is 0 Å². The molecule has 1 N–H and O–H groups in total. The van der Waals surface area contributed by atoms with Gasteiger partial charge in [0.25, 0.3) is 0 Å². The lowest BCUT2D eigenvalue weighted by Crippen LogP contribution is -2.23. The SMILES string of the molecule is CNCC(CCOC(C)C)Cc1ccccc1Cl. The van der Waals surface area contributed by atoms with Crippen molar-refractivity contribution in [2.75, 3.05) is 20.2 Å². The standard InChI is InChI=1S/C15H24ClNO/c1-12(2)18-9-8-13(11-17-3)10-14-6-4-5-7-15(14)16/h4-7,12-13,17H,8-11H2,1-3H3. The first-order valence-electron chi connectivity index (χ1n) is 6.63. The number of hydrogen-bond acceptors (Lipinski definition) is 2. The molecule has 2 nitrogen and oxygen atoms in total. The highest BCUT2D eigenvalue weighted by molar-refractivity contribution is 6.31. The smallest absolute Gasteiger partial charge is 0.0518 e. The van der Waals surface area contributed by atoms with Gasteiger partial charge in [0.05, 0.1) is 6.10 Å². The zero-order valence-electron chi connectivity index (χ0n) is 11.6. The Morgan fingerprint density at radius 2 is 2.00 bits per heavy atom. The van der Waals surface area contributed by atoms with Gasteiger partial charge in [-0.1, -0.05) is 29.8 Å². The summed E-state index contributed by atoms with van der Waals surface area (Å²) in [6.07, 6.45) is 2.37. The molecule has 102 valence electrons. The predicted octanol–water partition coefficient (Wildman–Crippen LogP) is 3.53. The van der Waals surface area contributed by atoms with E-state index in [0.717, 1.165) is 31.0 Å². The van der Waals surface area contributed by atoms with Crippen LogP contribution in [0.15, 0.2) is 24.3 Å². The minimum absolute atomic E-state index is 0.306. The van der Waals surface area contributed by atoms with Crippen molar-refractivity contribution >= 4 is 11.6 Å². The van der Waals surface area contributed by atoms with Gasteiger partial charge in [-0.2, -0.15) is 0 Å². The minimum Gasteiger partial charge on any atom is -0.379 e. The highest BCUT2D eigenvalue weighted by atomic mass is 35.5. The highest BCUT2D eigenvalue weighted by Gasteiger charge is 2.11. The Bertz CT molecular complexity index is 341. The van der Waals surface area contributed by atoms with E-state index in [1.54, 1.807) is 0 Å². The monoisotopic (exact) mass is 269 g/mol. The molecule has 0 radical (unpaired) electrons. The van der Waals surface area contributed by atoms with Crippen LogP contribution < -0.4 is 5.32 Å². The molecule has 0 aliphatic carbocycles. The summed E-state index contributed by atoms with van der Waals surface area (Å²) >= 11 is 6.20. The molecule has 0 heterocycles. The van der Waals surface area contributed by atoms with Crippen molar-refractivity contribution in [3.8, 4) is 0 Å². The van der Waals surface area contributed by atoms with Crippen LogP contribution in [0, 0.1) is 5.92 Å². The second-order valence-corrected chi connectivity index (χ2v) is 5.33. The lowest BCUT2D eigenvalue weighted by Gasteiger charge is -2.18. The van der Waals surface area contributed by atoms with E-state index in [1.807, 2.05) is 25.2 Å². The van der Waals surface area contributed by atoms with Crippen molar-refractivity contribution < 1.29 is 4.74 Å². The summed E-state index contributed by atoms with van der Waals surface area (Å²) in [6.45, 7) is 5.95. The molecule has 1 aromatic rings. The van der Waals surface area contributed by atoms with E-state index in [1.165, 1.54) is 5.56 Å². The second kappa shape index (κ2) is 8.52. The fourth-order valence-electron chi connectivity index (χ4n) is 2.01. The van der Waals surface area contributed by atoms with Crippen LogP contribution in [0.3, 0.4) is 0 Å². The molecule has 1 rings (SSSR count). The maximum atomic E-state index is 6.20. The van der Waals surface area contributed by atoms with Crippen LogP contribution in [0.4, 0.5) is 0 Å². The second-order valence-electron chi connectivity index (χ2n) is 4.93. The number of hydrogen-bond donors (Lipinski definition) is 1. The molecule has 0 bridgehead atoms. The van der Waals surface area contributed by atoms with E-state index in [2.05, 4.69) is 25.2 Å². The number of rotatable bonds is 8. The molecule has 0 spiro atoms. The minimum atomic E-state index is 0.306.